The molecule has 0 bridgehead atoms. The van der Waals surface area contributed by atoms with E-state index < -0.39 is 11.9 Å². The van der Waals surface area contributed by atoms with E-state index in [1.54, 1.807) is 48.5 Å². The summed E-state index contributed by atoms with van der Waals surface area (Å²) in [6.07, 6.45) is 7.34. The minimum Gasteiger partial charge on any atom is -0.494 e. The van der Waals surface area contributed by atoms with Gasteiger partial charge in [-0.2, -0.15) is 0 Å². The van der Waals surface area contributed by atoms with E-state index in [1.807, 2.05) is 12.1 Å². The van der Waals surface area contributed by atoms with E-state index in [1.165, 1.54) is 12.1 Å². The lowest BCUT2D eigenvalue weighted by atomic mass is 10.00. The summed E-state index contributed by atoms with van der Waals surface area (Å²) in [6.45, 7) is 3.20. The van der Waals surface area contributed by atoms with Crippen LogP contribution in [0.15, 0.2) is 66.7 Å². The highest BCUT2D eigenvalue weighted by Crippen LogP contribution is 2.24. The van der Waals surface area contributed by atoms with Gasteiger partial charge in [-0.15, -0.1) is 0 Å². The van der Waals surface area contributed by atoms with Gasteiger partial charge in [0.2, 0.25) is 0 Å². The predicted molar refractivity (Wildman–Crippen MR) is 149 cm³/mol. The number of unbranched alkanes of at least 4 members (excludes halogenated alkanes) is 2. The van der Waals surface area contributed by atoms with E-state index in [0.29, 0.717) is 54.5 Å². The molecule has 3 rings (SSSR count). The molecule has 200 valence electrons. The number of nitrogens with two attached hydrogens (primary N) is 2. The first-order valence-corrected chi connectivity index (χ1v) is 12.6. The molecule has 3 aromatic rings. The summed E-state index contributed by atoms with van der Waals surface area (Å²) >= 11 is 0. The molecule has 0 saturated carbocycles. The average Bonchev–Trinajstić information content (AvgIpc) is 2.90. The molecule has 38 heavy (non-hydrogen) atoms. The molecular weight excluding hydrogens is 484 g/mol. The fourth-order valence-electron chi connectivity index (χ4n) is 3.76. The number of benzene rings is 3. The number of anilines is 2. The number of hydrogen-bond donors (Lipinski definition) is 3. The van der Waals surface area contributed by atoms with E-state index in [0.717, 1.165) is 30.6 Å². The standard InChI is InChI=1S/C30H34N2O6/c1-2-3-4-17-36-24-12-14-25(15-13-24)38-29(33)16-9-21-7-10-23(11-8-21)37-18-5-6-26-27(30(34)35)19-22(31)20-28(26)32/h7-16,19-20H,2-6,17-18,31-32H2,1H3,(H,34,35)/b16-9+. The van der Waals surface area contributed by atoms with Crippen molar-refractivity contribution in [1.29, 1.82) is 0 Å². The molecule has 5 N–H and O–H groups in total. The number of carboxylic acid groups (broad SMARTS) is 1. The number of carbonyl (C=O) groups is 2. The first-order valence-electron chi connectivity index (χ1n) is 12.6. The molecule has 8 nitrogen and oxygen atoms in total. The lowest BCUT2D eigenvalue weighted by molar-refractivity contribution is -0.128. The van der Waals surface area contributed by atoms with Gasteiger partial charge in [-0.25, -0.2) is 9.59 Å². The van der Waals surface area contributed by atoms with Crippen LogP contribution < -0.4 is 25.7 Å². The second kappa shape index (κ2) is 14.3. The molecule has 0 fully saturated rings. The third kappa shape index (κ3) is 8.89. The first-order chi connectivity index (χ1) is 18.4. The molecule has 0 aliphatic carbocycles. The summed E-state index contributed by atoms with van der Waals surface area (Å²) in [6, 6.07) is 17.2. The highest BCUT2D eigenvalue weighted by atomic mass is 16.5. The number of aromatic carboxylic acids is 1. The number of ether oxygens (including phenoxy) is 3. The SMILES string of the molecule is CCCCCOc1ccc(OC(=O)/C=C/c2ccc(OCCCc3c(N)cc(N)cc3C(=O)O)cc2)cc1. The van der Waals surface area contributed by atoms with Crippen molar-refractivity contribution < 1.29 is 28.9 Å². The highest BCUT2D eigenvalue weighted by Gasteiger charge is 2.14. The Kier molecular flexibility index (Phi) is 10.6. The Bertz CT molecular complexity index is 1240. The van der Waals surface area contributed by atoms with E-state index in [9.17, 15) is 14.7 Å². The second-order valence-electron chi connectivity index (χ2n) is 8.74. The van der Waals surface area contributed by atoms with Gasteiger partial charge in [0, 0.05) is 17.5 Å². The van der Waals surface area contributed by atoms with Crippen molar-refractivity contribution in [3.63, 3.8) is 0 Å². The Morgan fingerprint density at radius 1 is 0.842 bits per heavy atom. The summed E-state index contributed by atoms with van der Waals surface area (Å²) in [5.74, 6) is 0.307. The molecule has 0 heterocycles. The second-order valence-corrected chi connectivity index (χ2v) is 8.74. The van der Waals surface area contributed by atoms with Crippen molar-refractivity contribution >= 4 is 29.4 Å². The van der Waals surface area contributed by atoms with Crippen LogP contribution in [0.25, 0.3) is 6.08 Å². The summed E-state index contributed by atoms with van der Waals surface area (Å²) in [4.78, 5) is 23.6. The normalized spacial score (nSPS) is 10.9. The van der Waals surface area contributed by atoms with Gasteiger partial charge in [-0.05, 0) is 85.0 Å². The zero-order valence-corrected chi connectivity index (χ0v) is 21.5. The van der Waals surface area contributed by atoms with Crippen LogP contribution in [-0.4, -0.2) is 30.3 Å². The molecule has 0 spiro atoms. The predicted octanol–water partition coefficient (Wildman–Crippen LogP) is 5.75. The number of esters is 1. The molecule has 0 aliphatic rings. The van der Waals surface area contributed by atoms with E-state index >= 15 is 0 Å². The number of nitrogen functional groups attached to an aromatic ring is 2. The summed E-state index contributed by atoms with van der Waals surface area (Å²) in [7, 11) is 0. The van der Waals surface area contributed by atoms with Crippen LogP contribution in [0, 0.1) is 0 Å². The van der Waals surface area contributed by atoms with Crippen LogP contribution in [-0.2, 0) is 11.2 Å². The van der Waals surface area contributed by atoms with Crippen molar-refractivity contribution in [2.75, 3.05) is 24.7 Å². The Morgan fingerprint density at radius 3 is 2.08 bits per heavy atom. The highest BCUT2D eigenvalue weighted by molar-refractivity contribution is 5.92. The van der Waals surface area contributed by atoms with Gasteiger partial charge >= 0.3 is 11.9 Å². The van der Waals surface area contributed by atoms with Gasteiger partial charge in [0.15, 0.2) is 0 Å². The molecular formula is C30H34N2O6. The minimum absolute atomic E-state index is 0.112. The monoisotopic (exact) mass is 518 g/mol. The lowest BCUT2D eigenvalue weighted by Crippen LogP contribution is -2.09. The van der Waals surface area contributed by atoms with Gasteiger partial charge in [0.25, 0.3) is 0 Å². The zero-order valence-electron chi connectivity index (χ0n) is 21.5. The lowest BCUT2D eigenvalue weighted by Gasteiger charge is -2.11. The van der Waals surface area contributed by atoms with Gasteiger partial charge in [0.1, 0.15) is 17.2 Å². The van der Waals surface area contributed by atoms with Crippen molar-refractivity contribution in [2.24, 2.45) is 0 Å². The van der Waals surface area contributed by atoms with E-state index in [-0.39, 0.29) is 5.56 Å². The Balaban J connectivity index is 1.43. The summed E-state index contributed by atoms with van der Waals surface area (Å²) in [5.41, 5.74) is 13.8. The third-order valence-electron chi connectivity index (χ3n) is 5.73. The molecule has 8 heteroatoms. The minimum atomic E-state index is -1.06. The maximum Gasteiger partial charge on any atom is 0.336 e. The van der Waals surface area contributed by atoms with E-state index in [2.05, 4.69) is 6.92 Å². The average molecular weight is 519 g/mol. The van der Waals surface area contributed by atoms with Crippen molar-refractivity contribution in [3.8, 4) is 17.2 Å². The fraction of sp³-hybridized carbons (Fsp3) is 0.267. The maximum absolute atomic E-state index is 12.2. The van der Waals surface area contributed by atoms with Crippen LogP contribution in [0.4, 0.5) is 11.4 Å². The van der Waals surface area contributed by atoms with Gasteiger partial charge in [-0.1, -0.05) is 31.9 Å². The van der Waals surface area contributed by atoms with Crippen LogP contribution in [0.5, 0.6) is 17.2 Å². The Labute approximate surface area is 222 Å². The molecule has 0 radical (unpaired) electrons. The number of rotatable bonds is 14. The fourth-order valence-corrected chi connectivity index (χ4v) is 3.76. The van der Waals surface area contributed by atoms with Crippen LogP contribution in [0.1, 0.15) is 54.1 Å². The molecule has 3 aromatic carbocycles. The van der Waals surface area contributed by atoms with Crippen LogP contribution >= 0.6 is 0 Å². The van der Waals surface area contributed by atoms with Crippen LogP contribution in [0.3, 0.4) is 0 Å². The van der Waals surface area contributed by atoms with Crippen molar-refractivity contribution in [2.45, 2.75) is 39.0 Å². The van der Waals surface area contributed by atoms with Gasteiger partial charge in [-0.3, -0.25) is 0 Å². The Morgan fingerprint density at radius 2 is 1.45 bits per heavy atom. The molecule has 0 saturated heterocycles. The summed E-state index contributed by atoms with van der Waals surface area (Å²) in [5, 5.41) is 9.40. The number of carbonyl (C=O) groups excluding carboxylic acids is 1. The molecule has 0 amide bonds. The molecule has 0 aromatic heterocycles. The van der Waals surface area contributed by atoms with Gasteiger partial charge in [0.05, 0.1) is 18.8 Å². The molecule has 0 unspecified atom stereocenters. The van der Waals surface area contributed by atoms with E-state index in [4.69, 9.17) is 25.7 Å². The molecule has 0 atom stereocenters. The van der Waals surface area contributed by atoms with Crippen molar-refractivity contribution in [1.82, 2.24) is 0 Å². The quantitative estimate of drug-likeness (QED) is 0.0807. The largest absolute Gasteiger partial charge is 0.494 e. The van der Waals surface area contributed by atoms with Gasteiger partial charge < -0.3 is 30.8 Å². The van der Waals surface area contributed by atoms with Crippen LogP contribution in [0.2, 0.25) is 0 Å². The smallest absolute Gasteiger partial charge is 0.336 e. The topological polar surface area (TPSA) is 134 Å². The third-order valence-corrected chi connectivity index (χ3v) is 5.73. The first kappa shape index (κ1) is 28.1. The van der Waals surface area contributed by atoms with Crippen molar-refractivity contribution in [3.05, 3.63) is 83.4 Å². The maximum atomic E-state index is 12.2. The summed E-state index contributed by atoms with van der Waals surface area (Å²) < 4.78 is 16.8. The number of carboxylic acids is 1. The Hall–Kier alpha value is -4.46. The molecule has 0 aliphatic heterocycles. The zero-order chi connectivity index (χ0) is 27.3. The number of hydrogen-bond acceptors (Lipinski definition) is 7.